The third-order valence-electron chi connectivity index (χ3n) is 3.47. The predicted molar refractivity (Wildman–Crippen MR) is 83.3 cm³/mol. The number of H-pyrrole nitrogens is 1. The molecule has 0 saturated heterocycles. The molecular weight excluding hydrogens is 264 g/mol. The van der Waals surface area contributed by atoms with Gasteiger partial charge in [0.05, 0.1) is 6.10 Å². The molecule has 1 heterocycles. The highest BCUT2D eigenvalue weighted by molar-refractivity contribution is 6.06. The number of fused-ring (bicyclic) bond motifs is 1. The Hall–Kier alpha value is -2.59. The van der Waals surface area contributed by atoms with Gasteiger partial charge in [-0.25, -0.2) is 0 Å². The molecule has 0 aliphatic carbocycles. The van der Waals surface area contributed by atoms with Gasteiger partial charge in [-0.2, -0.15) is 0 Å². The van der Waals surface area contributed by atoms with E-state index in [1.807, 2.05) is 36.5 Å². The molecule has 3 aromatic rings. The fraction of sp³-hybridized carbons (Fsp3) is 0.118. The molecule has 4 heteroatoms. The molecule has 0 spiro atoms. The molecule has 1 atom stereocenters. The zero-order valence-corrected chi connectivity index (χ0v) is 11.6. The van der Waals surface area contributed by atoms with Gasteiger partial charge >= 0.3 is 0 Å². The molecule has 1 unspecified atom stereocenters. The molecule has 0 bridgehead atoms. The Morgan fingerprint density at radius 3 is 2.81 bits per heavy atom. The first-order valence-electron chi connectivity index (χ1n) is 6.80. The van der Waals surface area contributed by atoms with Crippen molar-refractivity contribution in [2.75, 3.05) is 5.32 Å². The lowest BCUT2D eigenvalue weighted by molar-refractivity contribution is 0.102. The molecule has 3 rings (SSSR count). The first kappa shape index (κ1) is 13.4. The van der Waals surface area contributed by atoms with E-state index in [-0.39, 0.29) is 5.91 Å². The molecule has 2 aromatic carbocycles. The van der Waals surface area contributed by atoms with Crippen molar-refractivity contribution in [2.45, 2.75) is 13.0 Å². The second-order valence-corrected chi connectivity index (χ2v) is 5.00. The quantitative estimate of drug-likeness (QED) is 0.687. The molecule has 106 valence electrons. The number of aliphatic hydroxyl groups is 1. The SMILES string of the molecule is CC(O)c1ccccc1NC(=O)c1ccc2[nH]ccc2c1. The Morgan fingerprint density at radius 2 is 2.00 bits per heavy atom. The van der Waals surface area contributed by atoms with Crippen LogP contribution in [-0.2, 0) is 0 Å². The number of aliphatic hydroxyl groups excluding tert-OH is 1. The maximum absolute atomic E-state index is 12.4. The van der Waals surface area contributed by atoms with Crippen LogP contribution in [0.3, 0.4) is 0 Å². The minimum atomic E-state index is -0.631. The van der Waals surface area contributed by atoms with Crippen LogP contribution in [0, 0.1) is 0 Å². The van der Waals surface area contributed by atoms with Crippen molar-refractivity contribution in [1.29, 1.82) is 0 Å². The molecule has 1 aromatic heterocycles. The van der Waals surface area contributed by atoms with E-state index >= 15 is 0 Å². The van der Waals surface area contributed by atoms with E-state index in [9.17, 15) is 9.90 Å². The van der Waals surface area contributed by atoms with Crippen LogP contribution in [-0.4, -0.2) is 16.0 Å². The third kappa shape index (κ3) is 2.66. The Morgan fingerprint density at radius 1 is 1.19 bits per heavy atom. The summed E-state index contributed by atoms with van der Waals surface area (Å²) >= 11 is 0. The van der Waals surface area contributed by atoms with Gasteiger partial charge in [-0.05, 0) is 37.3 Å². The van der Waals surface area contributed by atoms with Gasteiger partial charge < -0.3 is 15.4 Å². The van der Waals surface area contributed by atoms with Crippen molar-refractivity contribution >= 4 is 22.5 Å². The standard InChI is InChI=1S/C17H16N2O2/c1-11(20)14-4-2-3-5-16(14)19-17(21)13-6-7-15-12(10-13)8-9-18-15/h2-11,18,20H,1H3,(H,19,21). The zero-order chi connectivity index (χ0) is 14.8. The largest absolute Gasteiger partial charge is 0.389 e. The Balaban J connectivity index is 1.89. The van der Waals surface area contributed by atoms with Gasteiger partial charge in [0.2, 0.25) is 0 Å². The summed E-state index contributed by atoms with van der Waals surface area (Å²) in [5, 5.41) is 13.6. The topological polar surface area (TPSA) is 65.1 Å². The van der Waals surface area contributed by atoms with Crippen molar-refractivity contribution in [3.05, 3.63) is 65.9 Å². The Bertz CT molecular complexity index is 790. The number of carbonyl (C=O) groups excluding carboxylic acids is 1. The first-order valence-corrected chi connectivity index (χ1v) is 6.80. The van der Waals surface area contributed by atoms with Crippen molar-refractivity contribution in [1.82, 2.24) is 4.98 Å². The third-order valence-corrected chi connectivity index (χ3v) is 3.47. The normalized spacial score (nSPS) is 12.3. The highest BCUT2D eigenvalue weighted by Crippen LogP contribution is 2.23. The number of hydrogen-bond acceptors (Lipinski definition) is 2. The maximum Gasteiger partial charge on any atom is 0.255 e. The lowest BCUT2D eigenvalue weighted by atomic mass is 10.1. The average Bonchev–Trinajstić information content (AvgIpc) is 2.94. The second-order valence-electron chi connectivity index (χ2n) is 5.00. The lowest BCUT2D eigenvalue weighted by Gasteiger charge is -2.13. The van der Waals surface area contributed by atoms with Gasteiger partial charge in [-0.1, -0.05) is 18.2 Å². The maximum atomic E-state index is 12.4. The number of aromatic amines is 1. The van der Waals surface area contributed by atoms with Gasteiger partial charge in [0.25, 0.3) is 5.91 Å². The van der Waals surface area contributed by atoms with E-state index in [0.29, 0.717) is 16.8 Å². The summed E-state index contributed by atoms with van der Waals surface area (Å²) in [5.41, 5.74) is 2.92. The lowest BCUT2D eigenvalue weighted by Crippen LogP contribution is -2.13. The van der Waals surface area contributed by atoms with Gasteiger partial charge in [-0.3, -0.25) is 4.79 Å². The van der Waals surface area contributed by atoms with E-state index in [2.05, 4.69) is 10.3 Å². The molecule has 0 radical (unpaired) electrons. The van der Waals surface area contributed by atoms with Crippen LogP contribution in [0.5, 0.6) is 0 Å². The van der Waals surface area contributed by atoms with E-state index < -0.39 is 6.10 Å². The fourth-order valence-corrected chi connectivity index (χ4v) is 2.36. The summed E-state index contributed by atoms with van der Waals surface area (Å²) in [6, 6.07) is 14.7. The molecule has 0 saturated carbocycles. The Kier molecular flexibility index (Phi) is 3.46. The number of benzene rings is 2. The van der Waals surface area contributed by atoms with E-state index in [1.54, 1.807) is 25.1 Å². The van der Waals surface area contributed by atoms with Crippen LogP contribution in [0.1, 0.15) is 28.9 Å². The molecule has 0 aliphatic rings. The summed E-state index contributed by atoms with van der Waals surface area (Å²) in [5.74, 6) is -0.189. The number of para-hydroxylation sites is 1. The van der Waals surface area contributed by atoms with Crippen LogP contribution < -0.4 is 5.32 Å². The highest BCUT2D eigenvalue weighted by Gasteiger charge is 2.12. The van der Waals surface area contributed by atoms with E-state index in [1.165, 1.54) is 0 Å². The second kappa shape index (κ2) is 5.42. The van der Waals surface area contributed by atoms with Crippen LogP contribution in [0.25, 0.3) is 10.9 Å². The molecule has 1 amide bonds. The average molecular weight is 280 g/mol. The van der Waals surface area contributed by atoms with Crippen molar-refractivity contribution < 1.29 is 9.90 Å². The minimum absolute atomic E-state index is 0.189. The number of amides is 1. The van der Waals surface area contributed by atoms with E-state index in [4.69, 9.17) is 0 Å². The Labute approximate surface area is 122 Å². The summed E-state index contributed by atoms with van der Waals surface area (Å²) in [6.45, 7) is 1.68. The monoisotopic (exact) mass is 280 g/mol. The van der Waals surface area contributed by atoms with Crippen LogP contribution in [0.15, 0.2) is 54.7 Å². The fourth-order valence-electron chi connectivity index (χ4n) is 2.36. The molecule has 3 N–H and O–H groups in total. The van der Waals surface area contributed by atoms with Crippen LogP contribution >= 0.6 is 0 Å². The number of rotatable bonds is 3. The minimum Gasteiger partial charge on any atom is -0.389 e. The van der Waals surface area contributed by atoms with Gasteiger partial charge in [0.15, 0.2) is 0 Å². The first-order chi connectivity index (χ1) is 10.1. The van der Waals surface area contributed by atoms with Gasteiger partial charge in [0.1, 0.15) is 0 Å². The molecule has 21 heavy (non-hydrogen) atoms. The number of hydrogen-bond donors (Lipinski definition) is 3. The number of carbonyl (C=O) groups is 1. The molecular formula is C17H16N2O2. The van der Waals surface area contributed by atoms with Crippen LogP contribution in [0.4, 0.5) is 5.69 Å². The summed E-state index contributed by atoms with van der Waals surface area (Å²) in [7, 11) is 0. The van der Waals surface area contributed by atoms with Crippen LogP contribution in [0.2, 0.25) is 0 Å². The van der Waals surface area contributed by atoms with Crippen molar-refractivity contribution in [3.63, 3.8) is 0 Å². The number of nitrogens with one attached hydrogen (secondary N) is 2. The summed E-state index contributed by atoms with van der Waals surface area (Å²) < 4.78 is 0. The van der Waals surface area contributed by atoms with Gasteiger partial charge in [-0.15, -0.1) is 0 Å². The summed E-state index contributed by atoms with van der Waals surface area (Å²) in [6.07, 6.45) is 1.21. The zero-order valence-electron chi connectivity index (χ0n) is 11.6. The van der Waals surface area contributed by atoms with Crippen molar-refractivity contribution in [3.8, 4) is 0 Å². The van der Waals surface area contributed by atoms with Gasteiger partial charge in [0, 0.05) is 33.9 Å². The molecule has 0 aliphatic heterocycles. The molecule has 4 nitrogen and oxygen atoms in total. The highest BCUT2D eigenvalue weighted by atomic mass is 16.3. The van der Waals surface area contributed by atoms with E-state index in [0.717, 1.165) is 10.9 Å². The number of anilines is 1. The molecule has 0 fully saturated rings. The predicted octanol–water partition coefficient (Wildman–Crippen LogP) is 3.47. The number of aromatic nitrogens is 1. The summed E-state index contributed by atoms with van der Waals surface area (Å²) in [4.78, 5) is 15.4. The van der Waals surface area contributed by atoms with Crippen molar-refractivity contribution in [2.24, 2.45) is 0 Å². The smallest absolute Gasteiger partial charge is 0.255 e.